The first kappa shape index (κ1) is 9.56. The van der Waals surface area contributed by atoms with E-state index in [2.05, 4.69) is 10.4 Å². The van der Waals surface area contributed by atoms with Crippen molar-refractivity contribution in [3.05, 3.63) is 12.3 Å². The lowest BCUT2D eigenvalue weighted by Crippen LogP contribution is -2.18. The molecule has 0 spiro atoms. The number of rotatable bonds is 3. The Kier molecular flexibility index (Phi) is 2.54. The van der Waals surface area contributed by atoms with Crippen LogP contribution in [-0.2, 0) is 11.3 Å². The Balaban J connectivity index is 2.63. The van der Waals surface area contributed by atoms with Crippen LogP contribution in [0.15, 0.2) is 12.3 Å². The standard InChI is InChI=1S/C6H6F3N3O/c7-6(8,9)3-12-2-1-5(11-12)10-4-13/h1-2,4H,3H2,(H,10,11,13). The molecule has 1 rings (SSSR count). The smallest absolute Gasteiger partial charge is 0.312 e. The van der Waals surface area contributed by atoms with Gasteiger partial charge in [-0.3, -0.25) is 9.48 Å². The van der Waals surface area contributed by atoms with Gasteiger partial charge >= 0.3 is 6.18 Å². The number of aromatic nitrogens is 2. The van der Waals surface area contributed by atoms with E-state index >= 15 is 0 Å². The van der Waals surface area contributed by atoms with E-state index < -0.39 is 12.7 Å². The van der Waals surface area contributed by atoms with Gasteiger partial charge in [0.2, 0.25) is 6.41 Å². The summed E-state index contributed by atoms with van der Waals surface area (Å²) < 4.78 is 36.1. The summed E-state index contributed by atoms with van der Waals surface area (Å²) in [6.45, 7) is -1.16. The number of alkyl halides is 3. The van der Waals surface area contributed by atoms with Gasteiger partial charge in [0.25, 0.3) is 0 Å². The molecule has 1 aromatic heterocycles. The molecule has 0 unspecified atom stereocenters. The van der Waals surface area contributed by atoms with Crippen molar-refractivity contribution in [1.82, 2.24) is 9.78 Å². The number of nitrogens with one attached hydrogen (secondary N) is 1. The Bertz CT molecular complexity index is 294. The molecule has 0 atom stereocenters. The quantitative estimate of drug-likeness (QED) is 0.728. The maximum absolute atomic E-state index is 11.8. The average Bonchev–Trinajstić information content (AvgIpc) is 2.33. The number of hydrogen-bond acceptors (Lipinski definition) is 2. The third-order valence-corrected chi connectivity index (χ3v) is 1.19. The third-order valence-electron chi connectivity index (χ3n) is 1.19. The van der Waals surface area contributed by atoms with Gasteiger partial charge in [-0.1, -0.05) is 0 Å². The Morgan fingerprint density at radius 3 is 2.85 bits per heavy atom. The number of amides is 1. The summed E-state index contributed by atoms with van der Waals surface area (Å²) in [7, 11) is 0. The molecule has 72 valence electrons. The fraction of sp³-hybridized carbons (Fsp3) is 0.333. The number of carbonyl (C=O) groups excluding carboxylic acids is 1. The second-order valence-corrected chi connectivity index (χ2v) is 2.28. The number of halogens is 3. The second-order valence-electron chi connectivity index (χ2n) is 2.28. The fourth-order valence-corrected chi connectivity index (χ4v) is 0.771. The molecule has 0 aliphatic heterocycles. The number of nitrogens with zero attached hydrogens (tertiary/aromatic N) is 2. The van der Waals surface area contributed by atoms with Crippen LogP contribution in [0.2, 0.25) is 0 Å². The lowest BCUT2D eigenvalue weighted by molar-refractivity contribution is -0.142. The van der Waals surface area contributed by atoms with Crippen LogP contribution in [0.4, 0.5) is 19.0 Å². The highest BCUT2D eigenvalue weighted by Crippen LogP contribution is 2.17. The van der Waals surface area contributed by atoms with Crippen molar-refractivity contribution in [1.29, 1.82) is 0 Å². The van der Waals surface area contributed by atoms with Crippen LogP contribution >= 0.6 is 0 Å². The topological polar surface area (TPSA) is 46.9 Å². The van der Waals surface area contributed by atoms with E-state index in [-0.39, 0.29) is 5.82 Å². The maximum atomic E-state index is 11.8. The van der Waals surface area contributed by atoms with Crippen molar-refractivity contribution < 1.29 is 18.0 Å². The summed E-state index contributed by atoms with van der Waals surface area (Å²) in [5.41, 5.74) is 0. The first-order valence-electron chi connectivity index (χ1n) is 3.31. The van der Waals surface area contributed by atoms with E-state index in [4.69, 9.17) is 0 Å². The van der Waals surface area contributed by atoms with E-state index in [9.17, 15) is 18.0 Å². The third kappa shape index (κ3) is 3.14. The number of carbonyl (C=O) groups is 1. The average molecular weight is 193 g/mol. The zero-order valence-corrected chi connectivity index (χ0v) is 6.38. The summed E-state index contributed by atoms with van der Waals surface area (Å²) in [6.07, 6.45) is -2.82. The van der Waals surface area contributed by atoms with Crippen LogP contribution in [0.25, 0.3) is 0 Å². The van der Waals surface area contributed by atoms with Crippen molar-refractivity contribution in [3.8, 4) is 0 Å². The molecule has 1 N–H and O–H groups in total. The van der Waals surface area contributed by atoms with E-state index in [0.717, 1.165) is 6.20 Å². The van der Waals surface area contributed by atoms with Gasteiger partial charge in [-0.25, -0.2) is 0 Å². The van der Waals surface area contributed by atoms with Crippen LogP contribution < -0.4 is 5.32 Å². The van der Waals surface area contributed by atoms with E-state index in [1.54, 1.807) is 0 Å². The van der Waals surface area contributed by atoms with Gasteiger partial charge in [-0.15, -0.1) is 0 Å². The van der Waals surface area contributed by atoms with Gasteiger partial charge in [-0.2, -0.15) is 18.3 Å². The minimum absolute atomic E-state index is 0.0965. The molecule has 0 saturated heterocycles. The number of anilines is 1. The molecule has 1 amide bonds. The van der Waals surface area contributed by atoms with Crippen molar-refractivity contribution in [2.75, 3.05) is 5.32 Å². The fourth-order valence-electron chi connectivity index (χ4n) is 0.771. The Morgan fingerprint density at radius 1 is 1.62 bits per heavy atom. The van der Waals surface area contributed by atoms with E-state index in [0.29, 0.717) is 11.1 Å². The second kappa shape index (κ2) is 3.46. The molecular formula is C6H6F3N3O. The molecule has 0 saturated carbocycles. The first-order valence-corrected chi connectivity index (χ1v) is 3.31. The van der Waals surface area contributed by atoms with Crippen molar-refractivity contribution in [2.24, 2.45) is 0 Å². The maximum Gasteiger partial charge on any atom is 0.408 e. The molecule has 0 bridgehead atoms. The molecule has 1 aromatic rings. The number of hydrogen-bond donors (Lipinski definition) is 1. The molecular weight excluding hydrogens is 187 g/mol. The Morgan fingerprint density at radius 2 is 2.31 bits per heavy atom. The van der Waals surface area contributed by atoms with Crippen LogP contribution in [0, 0.1) is 0 Å². The predicted octanol–water partition coefficient (Wildman–Crippen LogP) is 1.01. The minimum Gasteiger partial charge on any atom is -0.312 e. The van der Waals surface area contributed by atoms with Crippen molar-refractivity contribution in [3.63, 3.8) is 0 Å². The normalized spacial score (nSPS) is 11.3. The minimum atomic E-state index is -4.30. The zero-order chi connectivity index (χ0) is 9.90. The molecule has 0 aliphatic rings. The van der Waals surface area contributed by atoms with Crippen molar-refractivity contribution in [2.45, 2.75) is 12.7 Å². The summed E-state index contributed by atoms with van der Waals surface area (Å²) in [4.78, 5) is 9.89. The zero-order valence-electron chi connectivity index (χ0n) is 6.38. The molecule has 1 heterocycles. The van der Waals surface area contributed by atoms with Crippen LogP contribution in [0.1, 0.15) is 0 Å². The summed E-state index contributed by atoms with van der Waals surface area (Å²) in [5, 5.41) is 5.57. The van der Waals surface area contributed by atoms with Gasteiger partial charge in [0.1, 0.15) is 6.54 Å². The van der Waals surface area contributed by atoms with E-state index in [1.807, 2.05) is 0 Å². The molecule has 4 nitrogen and oxygen atoms in total. The van der Waals surface area contributed by atoms with Gasteiger partial charge in [-0.05, 0) is 0 Å². The Labute approximate surface area is 71.3 Å². The lowest BCUT2D eigenvalue weighted by Gasteiger charge is -2.04. The molecule has 0 radical (unpaired) electrons. The Hall–Kier alpha value is -1.53. The predicted molar refractivity (Wildman–Crippen MR) is 38.0 cm³/mol. The summed E-state index contributed by atoms with van der Waals surface area (Å²) in [6, 6.07) is 1.28. The molecule has 7 heteroatoms. The van der Waals surface area contributed by atoms with Crippen LogP contribution in [0.3, 0.4) is 0 Å². The monoisotopic (exact) mass is 193 g/mol. The molecule has 0 aliphatic carbocycles. The molecule has 13 heavy (non-hydrogen) atoms. The van der Waals surface area contributed by atoms with Gasteiger partial charge in [0.05, 0.1) is 0 Å². The largest absolute Gasteiger partial charge is 0.408 e. The van der Waals surface area contributed by atoms with Crippen LogP contribution in [0.5, 0.6) is 0 Å². The van der Waals surface area contributed by atoms with Gasteiger partial charge in [0, 0.05) is 12.3 Å². The van der Waals surface area contributed by atoms with E-state index in [1.165, 1.54) is 6.07 Å². The SMILES string of the molecule is O=CNc1ccn(CC(F)(F)F)n1. The highest BCUT2D eigenvalue weighted by atomic mass is 19.4. The lowest BCUT2D eigenvalue weighted by atomic mass is 10.6. The van der Waals surface area contributed by atoms with Gasteiger partial charge < -0.3 is 5.32 Å². The van der Waals surface area contributed by atoms with Gasteiger partial charge in [0.15, 0.2) is 5.82 Å². The highest BCUT2D eigenvalue weighted by molar-refractivity contribution is 5.68. The van der Waals surface area contributed by atoms with Crippen LogP contribution in [-0.4, -0.2) is 22.4 Å². The molecule has 0 aromatic carbocycles. The molecule has 0 fully saturated rings. The highest BCUT2D eigenvalue weighted by Gasteiger charge is 2.28. The van der Waals surface area contributed by atoms with Crippen molar-refractivity contribution >= 4 is 12.2 Å². The summed E-state index contributed by atoms with van der Waals surface area (Å²) >= 11 is 0. The summed E-state index contributed by atoms with van der Waals surface area (Å²) in [5.74, 6) is 0.0965. The first-order chi connectivity index (χ1) is 6.01.